The van der Waals surface area contributed by atoms with E-state index >= 15 is 0 Å². The number of hydrogen-bond acceptors (Lipinski definition) is 24. The minimum Gasteiger partial charge on any atom is -0.460 e. The fourth-order valence-corrected chi connectivity index (χ4v) is 9.21. The molecule has 0 radical (unpaired) electrons. The summed E-state index contributed by atoms with van der Waals surface area (Å²) in [5.74, 6) is -4.42. The lowest BCUT2D eigenvalue weighted by Gasteiger charge is -2.35. The highest BCUT2D eigenvalue weighted by Crippen LogP contribution is 2.26. The lowest BCUT2D eigenvalue weighted by atomic mass is 9.86. The zero-order valence-corrected chi connectivity index (χ0v) is 54.4. The van der Waals surface area contributed by atoms with Crippen molar-refractivity contribution in [2.24, 2.45) is 17.3 Å². The van der Waals surface area contributed by atoms with Crippen LogP contribution in [0.5, 0.6) is 0 Å². The van der Waals surface area contributed by atoms with Gasteiger partial charge in [-0.1, -0.05) is 32.0 Å². The van der Waals surface area contributed by atoms with Gasteiger partial charge in [0.25, 0.3) is 11.8 Å². The van der Waals surface area contributed by atoms with Crippen molar-refractivity contribution < 1.29 is 110 Å². The van der Waals surface area contributed by atoms with Crippen LogP contribution in [0, 0.1) is 17.3 Å². The van der Waals surface area contributed by atoms with Crippen LogP contribution < -0.4 is 5.32 Å². The molecule has 1 unspecified atom stereocenters. The standard InChI is InChI=1S/C64H102N4O23/c1-46(2)52(62(76)66-47(3)54(69)40-48-8-9-51(44-91-63(77)64(4,5)6)50(38-48)10-11-57-61(75)60(74)56(71)45-90-57)41-55(70)53(68-58(72)12-13-59(68)73)39-49-42-65-67(43-49)14-15-79-18-19-81-22-23-83-26-27-85-30-31-87-34-35-89-37-36-88-33-32-86-29-28-84-25-24-82-21-20-80-17-16-78-7/h8-9,12-13,38,42-43,46-47,52-53,56-57,60-61,71,74-75H,10-11,14-37,39-41,44-45H2,1-7H3,(H,66,76)/t47-,52-,53?,56+,57-,60-,61-/m0/s1. The van der Waals surface area contributed by atoms with Crippen molar-refractivity contribution in [3.8, 4) is 0 Å². The molecular formula is C64H102N4O23. The number of ether oxygens (including phenoxy) is 14. The number of methoxy groups -OCH3 is 1. The van der Waals surface area contributed by atoms with E-state index in [1.54, 1.807) is 83.9 Å². The number of aliphatic hydroxyl groups is 3. The Kier molecular flexibility index (Phi) is 39.0. The summed E-state index contributed by atoms with van der Waals surface area (Å²) in [5, 5.41) is 37.9. The normalized spacial score (nSPS) is 17.9. The average Bonchev–Trinajstić information content (AvgIpc) is 1.99. The van der Waals surface area contributed by atoms with Gasteiger partial charge < -0.3 is 87.0 Å². The van der Waals surface area contributed by atoms with Gasteiger partial charge in [0.1, 0.15) is 31.0 Å². The summed E-state index contributed by atoms with van der Waals surface area (Å²) in [4.78, 5) is 81.5. The van der Waals surface area contributed by atoms with Gasteiger partial charge in [0, 0.05) is 50.6 Å². The number of nitrogens with zero attached hydrogens (tertiary/aromatic N) is 3. The highest BCUT2D eigenvalue weighted by atomic mass is 16.6. The summed E-state index contributed by atoms with van der Waals surface area (Å²) >= 11 is 0. The van der Waals surface area contributed by atoms with Crippen LogP contribution in [-0.2, 0) is 127 Å². The molecule has 1 aromatic heterocycles. The van der Waals surface area contributed by atoms with Crippen molar-refractivity contribution in [3.63, 3.8) is 0 Å². The molecule has 1 saturated heterocycles. The van der Waals surface area contributed by atoms with Gasteiger partial charge in [0.2, 0.25) is 5.91 Å². The number of rotatable bonds is 53. The van der Waals surface area contributed by atoms with Crippen LogP contribution in [0.25, 0.3) is 0 Å². The Hall–Kier alpha value is -5.05. The van der Waals surface area contributed by atoms with Crippen LogP contribution in [-0.4, -0.2) is 267 Å². The third-order valence-electron chi connectivity index (χ3n) is 14.6. The van der Waals surface area contributed by atoms with E-state index in [2.05, 4.69) is 10.4 Å². The zero-order valence-electron chi connectivity index (χ0n) is 54.4. The van der Waals surface area contributed by atoms with Crippen molar-refractivity contribution >= 4 is 35.3 Å². The largest absolute Gasteiger partial charge is 0.460 e. The van der Waals surface area contributed by atoms with E-state index in [4.69, 9.17) is 66.3 Å². The molecule has 0 aliphatic carbocycles. The summed E-state index contributed by atoms with van der Waals surface area (Å²) in [5.41, 5.74) is 1.80. The van der Waals surface area contributed by atoms with Crippen molar-refractivity contribution in [1.82, 2.24) is 20.0 Å². The smallest absolute Gasteiger partial charge is 0.311 e. The Bertz CT molecular complexity index is 2420. The first-order valence-electron chi connectivity index (χ1n) is 31.5. The Morgan fingerprint density at radius 2 is 1.11 bits per heavy atom. The number of carbonyl (C=O) groups excluding carboxylic acids is 6. The number of ketones is 2. The van der Waals surface area contributed by atoms with Crippen molar-refractivity contribution in [3.05, 3.63) is 65.0 Å². The number of benzene rings is 1. The molecule has 0 saturated carbocycles. The second kappa shape index (κ2) is 45.3. The first-order valence-corrected chi connectivity index (χ1v) is 31.5. The molecule has 3 amide bonds. The molecule has 2 aromatic rings. The molecule has 0 spiro atoms. The zero-order chi connectivity index (χ0) is 66.2. The van der Waals surface area contributed by atoms with E-state index in [9.17, 15) is 44.1 Å². The number of esters is 1. The topological polar surface area (TPSA) is 325 Å². The van der Waals surface area contributed by atoms with E-state index in [-0.39, 0.29) is 50.6 Å². The SMILES string of the molecule is COCCOCCOCCOCCOCCOCCOCCOCCOCCOCCOCCOCCn1cc(CC(C(=O)C[C@H](C(=O)N[C@@H](C)C(=O)Cc2ccc(COC(=O)C(C)(C)C)c(CC[C@@H]3OC[C@@H](O)[C@H](O)[C@H]3O)c2)C(C)C)N2C(=O)C=CC2=O)cn1. The Balaban J connectivity index is 1.07. The number of carbonyl (C=O) groups is 6. The Labute approximate surface area is 535 Å². The Morgan fingerprint density at radius 3 is 1.57 bits per heavy atom. The van der Waals surface area contributed by atoms with E-state index in [1.807, 2.05) is 0 Å². The predicted molar refractivity (Wildman–Crippen MR) is 328 cm³/mol. The fraction of sp³-hybridized carbons (Fsp3) is 0.734. The number of aryl methyl sites for hydroxylation is 1. The molecule has 91 heavy (non-hydrogen) atoms. The quantitative estimate of drug-likeness (QED) is 0.0415. The molecule has 1 aromatic carbocycles. The van der Waals surface area contributed by atoms with Gasteiger partial charge in [-0.3, -0.25) is 38.3 Å². The average molecular weight is 1300 g/mol. The first-order chi connectivity index (χ1) is 43.8. The van der Waals surface area contributed by atoms with E-state index < -0.39 is 77.3 Å². The van der Waals surface area contributed by atoms with Crippen molar-refractivity contribution in [2.45, 2.75) is 123 Å². The number of aliphatic hydroxyl groups excluding tert-OH is 3. The van der Waals surface area contributed by atoms with Gasteiger partial charge in [0.05, 0.1) is 189 Å². The predicted octanol–water partition coefficient (Wildman–Crippen LogP) is 1.60. The molecule has 516 valence electrons. The first kappa shape index (κ1) is 78.4. The molecule has 4 N–H and O–H groups in total. The number of nitrogens with one attached hydrogen (secondary N) is 1. The summed E-state index contributed by atoms with van der Waals surface area (Å²) in [6.07, 6.45) is 0.825. The van der Waals surface area contributed by atoms with E-state index in [1.165, 1.54) is 0 Å². The van der Waals surface area contributed by atoms with Gasteiger partial charge in [0.15, 0.2) is 11.6 Å². The fourth-order valence-electron chi connectivity index (χ4n) is 9.21. The van der Waals surface area contributed by atoms with Crippen molar-refractivity contribution in [2.75, 3.05) is 166 Å². The van der Waals surface area contributed by atoms with Gasteiger partial charge in [-0.15, -0.1) is 0 Å². The van der Waals surface area contributed by atoms with Gasteiger partial charge in [-0.2, -0.15) is 5.10 Å². The van der Waals surface area contributed by atoms with Crippen LogP contribution in [0.2, 0.25) is 0 Å². The van der Waals surface area contributed by atoms with E-state index in [0.717, 1.165) is 17.1 Å². The molecule has 0 bridgehead atoms. The molecule has 3 heterocycles. The van der Waals surface area contributed by atoms with Crippen LogP contribution in [0.3, 0.4) is 0 Å². The minimum absolute atomic E-state index is 0.0487. The Morgan fingerprint density at radius 1 is 0.637 bits per heavy atom. The molecule has 27 heteroatoms. The maximum Gasteiger partial charge on any atom is 0.311 e. The monoisotopic (exact) mass is 1290 g/mol. The molecule has 4 rings (SSSR count). The number of amides is 3. The maximum atomic E-state index is 14.3. The summed E-state index contributed by atoms with van der Waals surface area (Å²) < 4.78 is 78.4. The van der Waals surface area contributed by atoms with Crippen LogP contribution >= 0.6 is 0 Å². The highest BCUT2D eigenvalue weighted by Gasteiger charge is 2.40. The maximum absolute atomic E-state index is 14.3. The number of aromatic nitrogens is 2. The van der Waals surface area contributed by atoms with Crippen LogP contribution in [0.15, 0.2) is 42.7 Å². The minimum atomic E-state index is -1.38. The summed E-state index contributed by atoms with van der Waals surface area (Å²) in [7, 11) is 1.63. The lowest BCUT2D eigenvalue weighted by Crippen LogP contribution is -2.52. The number of imide groups is 1. The molecule has 2 aliphatic rings. The summed E-state index contributed by atoms with van der Waals surface area (Å²) in [6, 6.07) is 3.04. The number of hydrogen-bond donors (Lipinski definition) is 4. The van der Waals surface area contributed by atoms with Crippen LogP contribution in [0.4, 0.5) is 0 Å². The molecule has 27 nitrogen and oxygen atoms in total. The number of Topliss-reactive ketones (excluding diaryl/α,β-unsaturated/α-hetero) is 2. The molecule has 2 aliphatic heterocycles. The lowest BCUT2D eigenvalue weighted by molar-refractivity contribution is -0.188. The van der Waals surface area contributed by atoms with Crippen molar-refractivity contribution in [1.29, 1.82) is 0 Å². The molecular weight excluding hydrogens is 1190 g/mol. The van der Waals surface area contributed by atoms with Gasteiger partial charge in [-0.05, 0) is 68.7 Å². The second-order valence-corrected chi connectivity index (χ2v) is 23.2. The van der Waals surface area contributed by atoms with Crippen LogP contribution in [0.1, 0.15) is 76.6 Å². The van der Waals surface area contributed by atoms with E-state index in [0.29, 0.717) is 187 Å². The third kappa shape index (κ3) is 31.6. The second-order valence-electron chi connectivity index (χ2n) is 23.2. The van der Waals surface area contributed by atoms with Gasteiger partial charge >= 0.3 is 5.97 Å². The highest BCUT2D eigenvalue weighted by molar-refractivity contribution is 6.15. The van der Waals surface area contributed by atoms with Gasteiger partial charge in [-0.25, -0.2) is 0 Å². The molecule has 1 fully saturated rings. The summed E-state index contributed by atoms with van der Waals surface area (Å²) in [6.45, 7) is 20.8. The third-order valence-corrected chi connectivity index (χ3v) is 14.6. The molecule has 7 atom stereocenters.